The van der Waals surface area contributed by atoms with Gasteiger partial charge in [-0.05, 0) is 31.2 Å². The molecular formula is C12H16ClF2NO2. The molecule has 0 saturated heterocycles. The van der Waals surface area contributed by atoms with Crippen molar-refractivity contribution in [2.45, 2.75) is 19.6 Å². The number of methoxy groups -OCH3 is 1. The average Bonchev–Trinajstić information content (AvgIpc) is 2.31. The summed E-state index contributed by atoms with van der Waals surface area (Å²) in [5, 5.41) is 3.60. The highest BCUT2D eigenvalue weighted by molar-refractivity contribution is 6.30. The molecule has 0 heterocycles. The van der Waals surface area contributed by atoms with Crippen molar-refractivity contribution in [2.75, 3.05) is 20.3 Å². The van der Waals surface area contributed by atoms with Crippen LogP contribution in [-0.4, -0.2) is 26.9 Å². The number of halogens is 3. The predicted octanol–water partition coefficient (Wildman–Crippen LogP) is 3.07. The van der Waals surface area contributed by atoms with Gasteiger partial charge in [0.15, 0.2) is 0 Å². The smallest absolute Gasteiger partial charge is 0.387 e. The van der Waals surface area contributed by atoms with Gasteiger partial charge in [0.2, 0.25) is 0 Å². The fourth-order valence-electron chi connectivity index (χ4n) is 1.46. The second-order valence-electron chi connectivity index (χ2n) is 3.65. The zero-order valence-corrected chi connectivity index (χ0v) is 10.8. The van der Waals surface area contributed by atoms with Crippen LogP contribution in [0.2, 0.25) is 5.02 Å². The van der Waals surface area contributed by atoms with E-state index in [0.29, 0.717) is 23.7 Å². The maximum atomic E-state index is 12.2. The first-order chi connectivity index (χ1) is 8.63. The van der Waals surface area contributed by atoms with Crippen molar-refractivity contribution < 1.29 is 18.3 Å². The first-order valence-electron chi connectivity index (χ1n) is 5.56. The highest BCUT2D eigenvalue weighted by atomic mass is 35.5. The lowest BCUT2D eigenvalue weighted by atomic mass is 10.2. The van der Waals surface area contributed by atoms with Crippen molar-refractivity contribution in [1.29, 1.82) is 0 Å². The van der Waals surface area contributed by atoms with Crippen LogP contribution < -0.4 is 10.1 Å². The summed E-state index contributed by atoms with van der Waals surface area (Å²) in [6.07, 6.45) is 0.849. The molecule has 0 saturated carbocycles. The second-order valence-corrected chi connectivity index (χ2v) is 4.09. The van der Waals surface area contributed by atoms with Gasteiger partial charge >= 0.3 is 6.61 Å². The van der Waals surface area contributed by atoms with E-state index in [1.165, 1.54) is 12.1 Å². The molecule has 0 radical (unpaired) electrons. The van der Waals surface area contributed by atoms with E-state index in [4.69, 9.17) is 16.3 Å². The largest absolute Gasteiger partial charge is 0.434 e. The van der Waals surface area contributed by atoms with Crippen LogP contribution in [0.25, 0.3) is 0 Å². The van der Waals surface area contributed by atoms with E-state index in [9.17, 15) is 8.78 Å². The van der Waals surface area contributed by atoms with Crippen LogP contribution in [0.5, 0.6) is 5.75 Å². The van der Waals surface area contributed by atoms with Crippen molar-refractivity contribution in [1.82, 2.24) is 5.32 Å². The van der Waals surface area contributed by atoms with Crippen LogP contribution in [0.4, 0.5) is 8.78 Å². The average molecular weight is 280 g/mol. The zero-order chi connectivity index (χ0) is 13.4. The van der Waals surface area contributed by atoms with E-state index in [-0.39, 0.29) is 5.75 Å². The molecule has 0 aliphatic carbocycles. The minimum Gasteiger partial charge on any atom is -0.434 e. The molecule has 0 unspecified atom stereocenters. The summed E-state index contributed by atoms with van der Waals surface area (Å²) in [6.45, 7) is -1.03. The van der Waals surface area contributed by atoms with E-state index in [2.05, 4.69) is 10.1 Å². The summed E-state index contributed by atoms with van der Waals surface area (Å²) in [5.41, 5.74) is 0.611. The second kappa shape index (κ2) is 8.24. The van der Waals surface area contributed by atoms with Gasteiger partial charge < -0.3 is 14.8 Å². The Balaban J connectivity index is 2.53. The van der Waals surface area contributed by atoms with E-state index in [0.717, 1.165) is 13.0 Å². The molecule has 18 heavy (non-hydrogen) atoms. The molecule has 0 aromatic heterocycles. The molecule has 0 amide bonds. The molecule has 0 aliphatic heterocycles. The van der Waals surface area contributed by atoms with E-state index >= 15 is 0 Å². The highest BCUT2D eigenvalue weighted by Gasteiger charge is 2.09. The lowest BCUT2D eigenvalue weighted by Gasteiger charge is -2.12. The van der Waals surface area contributed by atoms with Gasteiger partial charge in [-0.25, -0.2) is 0 Å². The van der Waals surface area contributed by atoms with Crippen molar-refractivity contribution in [2.24, 2.45) is 0 Å². The van der Waals surface area contributed by atoms with E-state index < -0.39 is 6.61 Å². The molecule has 0 spiro atoms. The highest BCUT2D eigenvalue weighted by Crippen LogP contribution is 2.24. The summed E-state index contributed by atoms with van der Waals surface area (Å²) in [7, 11) is 1.63. The molecule has 102 valence electrons. The van der Waals surface area contributed by atoms with Crippen LogP contribution in [0.1, 0.15) is 12.0 Å². The van der Waals surface area contributed by atoms with Crippen molar-refractivity contribution in [3.8, 4) is 5.75 Å². The third-order valence-electron chi connectivity index (χ3n) is 2.26. The Labute approximate surface area is 110 Å². The molecular weight excluding hydrogens is 264 g/mol. The molecule has 0 fully saturated rings. The van der Waals surface area contributed by atoms with Gasteiger partial charge in [-0.2, -0.15) is 8.78 Å². The number of nitrogens with one attached hydrogen (secondary N) is 1. The van der Waals surface area contributed by atoms with Crippen molar-refractivity contribution in [3.05, 3.63) is 28.8 Å². The topological polar surface area (TPSA) is 30.5 Å². The van der Waals surface area contributed by atoms with E-state index in [1.54, 1.807) is 13.2 Å². The van der Waals surface area contributed by atoms with Crippen LogP contribution in [0.15, 0.2) is 18.2 Å². The minimum atomic E-state index is -2.83. The Bertz CT molecular complexity index is 364. The van der Waals surface area contributed by atoms with Crippen LogP contribution in [0, 0.1) is 0 Å². The maximum Gasteiger partial charge on any atom is 0.387 e. The molecule has 1 rings (SSSR count). The minimum absolute atomic E-state index is 0.147. The lowest BCUT2D eigenvalue weighted by molar-refractivity contribution is -0.0504. The number of ether oxygens (including phenoxy) is 2. The molecule has 1 aromatic rings. The molecule has 0 bridgehead atoms. The number of hydrogen-bond donors (Lipinski definition) is 1. The summed E-state index contributed by atoms with van der Waals surface area (Å²) in [4.78, 5) is 0. The van der Waals surface area contributed by atoms with Gasteiger partial charge in [-0.3, -0.25) is 0 Å². The monoisotopic (exact) mass is 279 g/mol. The number of benzene rings is 1. The Kier molecular flexibility index (Phi) is 6.93. The fourth-order valence-corrected chi connectivity index (χ4v) is 1.66. The van der Waals surface area contributed by atoms with Gasteiger partial charge in [0.25, 0.3) is 0 Å². The zero-order valence-electron chi connectivity index (χ0n) is 10.1. The SMILES string of the molecule is COCCCNCc1cc(Cl)ccc1OC(F)F. The Morgan fingerprint density at radius 3 is 2.83 bits per heavy atom. The predicted molar refractivity (Wildman–Crippen MR) is 66.3 cm³/mol. The number of rotatable bonds is 8. The first-order valence-corrected chi connectivity index (χ1v) is 5.94. The van der Waals surface area contributed by atoms with E-state index in [1.807, 2.05) is 0 Å². The standard InChI is InChI=1S/C12H16ClF2NO2/c1-17-6-2-5-16-8-9-7-10(13)3-4-11(9)18-12(14)15/h3-4,7,12,16H,2,5-6,8H2,1H3. The molecule has 3 nitrogen and oxygen atoms in total. The van der Waals surface area contributed by atoms with Crippen LogP contribution in [0.3, 0.4) is 0 Å². The lowest BCUT2D eigenvalue weighted by Crippen LogP contribution is -2.17. The molecule has 0 aliphatic rings. The molecule has 6 heteroatoms. The van der Waals surface area contributed by atoms with Gasteiger partial charge in [-0.1, -0.05) is 11.6 Å². The van der Waals surface area contributed by atoms with Gasteiger partial charge in [0, 0.05) is 30.8 Å². The summed E-state index contributed by atoms with van der Waals surface area (Å²) >= 11 is 5.83. The summed E-state index contributed by atoms with van der Waals surface area (Å²) in [6, 6.07) is 4.58. The fraction of sp³-hybridized carbons (Fsp3) is 0.500. The first kappa shape index (κ1) is 15.1. The van der Waals surface area contributed by atoms with Crippen LogP contribution >= 0.6 is 11.6 Å². The van der Waals surface area contributed by atoms with Gasteiger partial charge in [0.05, 0.1) is 0 Å². The number of alkyl halides is 2. The molecule has 1 N–H and O–H groups in total. The molecule has 0 atom stereocenters. The van der Waals surface area contributed by atoms with Crippen molar-refractivity contribution in [3.63, 3.8) is 0 Å². The Hall–Kier alpha value is -0.910. The van der Waals surface area contributed by atoms with Gasteiger partial charge in [0.1, 0.15) is 5.75 Å². The van der Waals surface area contributed by atoms with Crippen LogP contribution in [-0.2, 0) is 11.3 Å². The Morgan fingerprint density at radius 1 is 1.39 bits per heavy atom. The van der Waals surface area contributed by atoms with Gasteiger partial charge in [-0.15, -0.1) is 0 Å². The maximum absolute atomic E-state index is 12.2. The quantitative estimate of drug-likeness (QED) is 0.742. The summed E-state index contributed by atoms with van der Waals surface area (Å²) in [5.74, 6) is 0.147. The Morgan fingerprint density at radius 2 is 2.17 bits per heavy atom. The van der Waals surface area contributed by atoms with Crippen molar-refractivity contribution >= 4 is 11.6 Å². The third kappa shape index (κ3) is 5.62. The molecule has 1 aromatic carbocycles. The summed E-state index contributed by atoms with van der Waals surface area (Å²) < 4.78 is 33.7. The number of hydrogen-bond acceptors (Lipinski definition) is 3. The normalized spacial score (nSPS) is 10.9. The third-order valence-corrected chi connectivity index (χ3v) is 2.49.